The van der Waals surface area contributed by atoms with Gasteiger partial charge in [0.15, 0.2) is 0 Å². The maximum Gasteiger partial charge on any atom is 0.632 e. The van der Waals surface area contributed by atoms with E-state index in [1.54, 1.807) is 17.5 Å². The normalized spacial score (nSPS) is 26.2. The summed E-state index contributed by atoms with van der Waals surface area (Å²) < 4.78 is 11.3. The number of aryl methyl sites for hydroxylation is 1. The van der Waals surface area contributed by atoms with Crippen molar-refractivity contribution in [1.29, 1.82) is 0 Å². The van der Waals surface area contributed by atoms with Gasteiger partial charge in [-0.3, -0.25) is 14.6 Å². The standard InChI is InChI=1S/C20H25BN2O4S/c1-3-4-5-6-7-16-8-9-17(28-16)15-10-11-22-18(12-15)21-23(2,13-19(24)26-21)14-20(25)27-21/h8-12H,3-7,13-14H2,1-2H3. The molecule has 0 aromatic carbocycles. The molecule has 0 unspecified atom stereocenters. The van der Waals surface area contributed by atoms with Crippen LogP contribution in [0.3, 0.4) is 0 Å². The van der Waals surface area contributed by atoms with Crippen molar-refractivity contribution >= 4 is 35.6 Å². The van der Waals surface area contributed by atoms with Gasteiger partial charge in [-0.2, -0.15) is 0 Å². The molecule has 8 heteroatoms. The summed E-state index contributed by atoms with van der Waals surface area (Å²) in [7, 11) is 1.82. The van der Waals surface area contributed by atoms with Crippen LogP contribution in [0.15, 0.2) is 30.5 Å². The number of quaternary nitrogens is 1. The van der Waals surface area contributed by atoms with Crippen molar-refractivity contribution in [3.8, 4) is 10.4 Å². The summed E-state index contributed by atoms with van der Waals surface area (Å²) in [4.78, 5) is 31.0. The molecule has 2 aromatic heterocycles. The molecule has 2 aromatic rings. The van der Waals surface area contributed by atoms with Crippen LogP contribution in [0, 0.1) is 0 Å². The van der Waals surface area contributed by atoms with Crippen molar-refractivity contribution in [3.63, 3.8) is 0 Å². The molecule has 0 spiro atoms. The molecule has 2 saturated heterocycles. The molecule has 2 aliphatic rings. The van der Waals surface area contributed by atoms with Gasteiger partial charge in [0.1, 0.15) is 13.1 Å². The van der Waals surface area contributed by atoms with Gasteiger partial charge in [-0.15, -0.1) is 11.3 Å². The first-order valence-electron chi connectivity index (χ1n) is 9.93. The van der Waals surface area contributed by atoms with Crippen LogP contribution in [0.25, 0.3) is 10.4 Å². The third-order valence-electron chi connectivity index (χ3n) is 5.76. The second-order valence-electron chi connectivity index (χ2n) is 7.99. The van der Waals surface area contributed by atoms with Gasteiger partial charge >= 0.3 is 18.6 Å². The Balaban J connectivity index is 1.60. The van der Waals surface area contributed by atoms with E-state index in [0.29, 0.717) is 5.59 Å². The highest BCUT2D eigenvalue weighted by Crippen LogP contribution is 2.34. The van der Waals surface area contributed by atoms with Gasteiger partial charge in [0.05, 0.1) is 0 Å². The molecular weight excluding hydrogens is 375 g/mol. The summed E-state index contributed by atoms with van der Waals surface area (Å²) >= 11 is 1.78. The number of hydrogen-bond donors (Lipinski definition) is 0. The number of likely N-dealkylation sites (N-methyl/N-ethyl adjacent to an activating group) is 1. The molecule has 0 aliphatic carbocycles. The van der Waals surface area contributed by atoms with E-state index in [4.69, 9.17) is 9.31 Å². The number of aromatic nitrogens is 1. The molecule has 4 rings (SSSR count). The molecule has 0 atom stereocenters. The minimum atomic E-state index is -2.28. The van der Waals surface area contributed by atoms with Crippen LogP contribution in [0.2, 0.25) is 0 Å². The highest BCUT2D eigenvalue weighted by Gasteiger charge is 2.67. The number of thiophene rings is 1. The van der Waals surface area contributed by atoms with E-state index in [1.165, 1.54) is 30.6 Å². The lowest BCUT2D eigenvalue weighted by atomic mass is 9.64. The molecule has 0 amide bonds. The first-order valence-corrected chi connectivity index (χ1v) is 10.7. The summed E-state index contributed by atoms with van der Waals surface area (Å²) in [6.07, 6.45) is 7.80. The fourth-order valence-electron chi connectivity index (χ4n) is 4.23. The molecule has 0 N–H and O–H groups in total. The zero-order valence-corrected chi connectivity index (χ0v) is 17.2. The number of fused-ring (bicyclic) bond motifs is 1. The van der Waals surface area contributed by atoms with Gasteiger partial charge in [0.25, 0.3) is 0 Å². The fraction of sp³-hybridized carbons (Fsp3) is 0.450. The molecule has 4 heterocycles. The van der Waals surface area contributed by atoms with Gasteiger partial charge in [0.2, 0.25) is 0 Å². The van der Waals surface area contributed by atoms with Crippen molar-refractivity contribution in [1.82, 2.24) is 4.98 Å². The van der Waals surface area contributed by atoms with E-state index in [9.17, 15) is 9.59 Å². The quantitative estimate of drug-likeness (QED) is 0.528. The first-order chi connectivity index (χ1) is 13.5. The maximum absolute atomic E-state index is 12.0. The predicted molar refractivity (Wildman–Crippen MR) is 109 cm³/mol. The van der Waals surface area contributed by atoms with Crippen LogP contribution in [0.4, 0.5) is 0 Å². The number of carbonyl (C=O) groups is 2. The van der Waals surface area contributed by atoms with E-state index in [-0.39, 0.29) is 29.4 Å². The lowest BCUT2D eigenvalue weighted by Gasteiger charge is -2.39. The molecule has 2 aliphatic heterocycles. The lowest BCUT2D eigenvalue weighted by molar-refractivity contribution is -0.791. The summed E-state index contributed by atoms with van der Waals surface area (Å²) in [5.74, 6) is -0.708. The zero-order valence-electron chi connectivity index (χ0n) is 16.3. The molecule has 2 fully saturated rings. The number of carbonyl (C=O) groups excluding carboxylic acids is 2. The van der Waals surface area contributed by atoms with Gasteiger partial charge in [-0.1, -0.05) is 32.3 Å². The molecule has 0 saturated carbocycles. The van der Waals surface area contributed by atoms with Crippen LogP contribution in [0.1, 0.15) is 37.5 Å². The third kappa shape index (κ3) is 3.24. The summed E-state index contributed by atoms with van der Waals surface area (Å²) in [5, 5.41) is 0. The minimum Gasteiger partial charge on any atom is -0.595 e. The summed E-state index contributed by atoms with van der Waals surface area (Å²) in [6.45, 7) is 0.184. The monoisotopic (exact) mass is 400 g/mol. The van der Waals surface area contributed by atoms with Crippen LogP contribution >= 0.6 is 11.3 Å². The van der Waals surface area contributed by atoms with Crippen molar-refractivity contribution in [3.05, 3.63) is 35.3 Å². The number of pyridine rings is 1. The van der Waals surface area contributed by atoms with E-state index in [0.717, 1.165) is 16.9 Å². The second kappa shape index (κ2) is 7.33. The van der Waals surface area contributed by atoms with Crippen LogP contribution in [-0.4, -0.2) is 48.1 Å². The highest BCUT2D eigenvalue weighted by molar-refractivity contribution is 7.15. The van der Waals surface area contributed by atoms with E-state index >= 15 is 0 Å². The Labute approximate surface area is 169 Å². The predicted octanol–water partition coefficient (Wildman–Crippen LogP) is 2.64. The Morgan fingerprint density at radius 1 is 1.11 bits per heavy atom. The largest absolute Gasteiger partial charge is 0.632 e. The molecule has 148 valence electrons. The van der Waals surface area contributed by atoms with Crippen molar-refractivity contribution in [2.75, 3.05) is 20.1 Å². The second-order valence-corrected chi connectivity index (χ2v) is 9.16. The third-order valence-corrected chi connectivity index (χ3v) is 6.96. The summed E-state index contributed by atoms with van der Waals surface area (Å²) in [5.41, 5.74) is 1.53. The van der Waals surface area contributed by atoms with Gasteiger partial charge in [-0.05, 0) is 36.6 Å². The van der Waals surface area contributed by atoms with E-state index in [1.807, 2.05) is 19.2 Å². The maximum atomic E-state index is 12.0. The molecule has 0 radical (unpaired) electrons. The average Bonchev–Trinajstić information content (AvgIpc) is 3.28. The molecule has 6 nitrogen and oxygen atoms in total. The smallest absolute Gasteiger partial charge is 0.595 e. The van der Waals surface area contributed by atoms with Gasteiger partial charge in [0, 0.05) is 28.6 Å². The van der Waals surface area contributed by atoms with Crippen LogP contribution < -0.4 is 5.59 Å². The number of nitrogens with zero attached hydrogens (tertiary/aromatic N) is 2. The van der Waals surface area contributed by atoms with E-state index in [2.05, 4.69) is 24.0 Å². The average molecular weight is 400 g/mol. The zero-order chi connectivity index (χ0) is 19.8. The van der Waals surface area contributed by atoms with E-state index < -0.39 is 6.69 Å². The number of rotatable bonds is 7. The fourth-order valence-corrected chi connectivity index (χ4v) is 5.28. The Kier molecular flexibility index (Phi) is 5.01. The van der Waals surface area contributed by atoms with Crippen molar-refractivity contribution in [2.45, 2.75) is 39.0 Å². The SMILES string of the molecule is CCCCCCc1ccc(-c2ccnc([B-]34OC(=O)C[N+]3(C)CC(=O)O4)c2)s1. The van der Waals surface area contributed by atoms with Gasteiger partial charge < -0.3 is 13.7 Å². The molecule has 0 bridgehead atoms. The minimum absolute atomic E-state index is 0.112. The Morgan fingerprint density at radius 2 is 1.86 bits per heavy atom. The van der Waals surface area contributed by atoms with Gasteiger partial charge in [-0.25, -0.2) is 0 Å². The topological polar surface area (TPSA) is 65.5 Å². The summed E-state index contributed by atoms with van der Waals surface area (Å²) in [6, 6.07) is 8.15. The Morgan fingerprint density at radius 3 is 2.57 bits per heavy atom. The van der Waals surface area contributed by atoms with Crippen LogP contribution in [-0.2, 0) is 25.3 Å². The number of unbranched alkanes of at least 4 members (excludes halogenated alkanes) is 3. The Bertz CT molecular complexity index is 893. The van der Waals surface area contributed by atoms with Crippen molar-refractivity contribution < 1.29 is 23.3 Å². The number of hydrogen-bond acceptors (Lipinski definition) is 6. The first kappa shape index (κ1) is 19.1. The highest BCUT2D eigenvalue weighted by atomic mass is 32.1. The Hall–Kier alpha value is -2.19. The van der Waals surface area contributed by atoms with Crippen molar-refractivity contribution in [2.24, 2.45) is 0 Å². The molecular formula is C20H25BN2O4S. The lowest BCUT2D eigenvalue weighted by Crippen LogP contribution is -2.68. The molecule has 28 heavy (non-hydrogen) atoms. The van der Waals surface area contributed by atoms with Crippen LogP contribution in [0.5, 0.6) is 0 Å².